The topological polar surface area (TPSA) is 29.5 Å². The van der Waals surface area contributed by atoms with Crippen molar-refractivity contribution in [3.63, 3.8) is 0 Å². The Kier molecular flexibility index (Phi) is 6.84. The van der Waals surface area contributed by atoms with Crippen LogP contribution in [-0.2, 0) is 4.74 Å². The van der Waals surface area contributed by atoms with Crippen LogP contribution in [0.2, 0.25) is 0 Å². The maximum absolute atomic E-state index is 9.43. The minimum Gasteiger partial charge on any atom is -0.393 e. The van der Waals surface area contributed by atoms with Crippen LogP contribution in [0.1, 0.15) is 32.6 Å². The van der Waals surface area contributed by atoms with Crippen LogP contribution < -0.4 is 0 Å². The zero-order valence-electron chi connectivity index (χ0n) is 7.92. The number of rotatable bonds is 6. The van der Waals surface area contributed by atoms with Gasteiger partial charge in [-0.05, 0) is 26.2 Å². The van der Waals surface area contributed by atoms with E-state index >= 15 is 0 Å². The first-order chi connectivity index (χ1) is 5.70. The van der Waals surface area contributed by atoms with E-state index < -0.39 is 0 Å². The Hall–Kier alpha value is -0.520. The van der Waals surface area contributed by atoms with E-state index in [0.29, 0.717) is 6.42 Å². The minimum atomic E-state index is -0.270. The second kappa shape index (κ2) is 7.15. The molecular weight excluding hydrogens is 152 g/mol. The Morgan fingerprint density at radius 3 is 2.75 bits per heavy atom. The van der Waals surface area contributed by atoms with Crippen LogP contribution in [0.25, 0.3) is 0 Å². The van der Waals surface area contributed by atoms with Crippen molar-refractivity contribution in [2.24, 2.45) is 0 Å². The van der Waals surface area contributed by atoms with Crippen molar-refractivity contribution in [3.8, 4) is 12.3 Å². The van der Waals surface area contributed by atoms with E-state index in [1.54, 1.807) is 7.11 Å². The third-order valence-electron chi connectivity index (χ3n) is 1.86. The van der Waals surface area contributed by atoms with Gasteiger partial charge >= 0.3 is 0 Å². The van der Waals surface area contributed by atoms with Crippen molar-refractivity contribution in [2.75, 3.05) is 7.11 Å². The number of aliphatic hydroxyl groups is 1. The van der Waals surface area contributed by atoms with Gasteiger partial charge in [0, 0.05) is 13.5 Å². The first-order valence-corrected chi connectivity index (χ1v) is 4.35. The molecule has 0 saturated carbocycles. The SMILES string of the molecule is C#CCCCC(O)CC(C)OC. The van der Waals surface area contributed by atoms with Crippen LogP contribution in [0.5, 0.6) is 0 Å². The molecule has 0 aliphatic carbocycles. The number of methoxy groups -OCH3 is 1. The first kappa shape index (κ1) is 11.5. The third kappa shape index (κ3) is 6.21. The summed E-state index contributed by atoms with van der Waals surface area (Å²) in [4.78, 5) is 0. The Labute approximate surface area is 74.9 Å². The highest BCUT2D eigenvalue weighted by Gasteiger charge is 2.08. The average Bonchev–Trinajstić information content (AvgIpc) is 2.05. The summed E-state index contributed by atoms with van der Waals surface area (Å²) in [6.45, 7) is 1.95. The van der Waals surface area contributed by atoms with E-state index in [-0.39, 0.29) is 12.2 Å². The van der Waals surface area contributed by atoms with Gasteiger partial charge in [-0.3, -0.25) is 0 Å². The summed E-state index contributed by atoms with van der Waals surface area (Å²) in [7, 11) is 1.65. The van der Waals surface area contributed by atoms with Gasteiger partial charge in [0.05, 0.1) is 12.2 Å². The van der Waals surface area contributed by atoms with E-state index in [4.69, 9.17) is 11.2 Å². The summed E-state index contributed by atoms with van der Waals surface area (Å²) in [6.07, 6.45) is 8.06. The molecule has 0 amide bonds. The normalized spacial score (nSPS) is 15.2. The van der Waals surface area contributed by atoms with Crippen molar-refractivity contribution in [1.29, 1.82) is 0 Å². The van der Waals surface area contributed by atoms with E-state index in [2.05, 4.69) is 5.92 Å². The molecule has 0 aromatic carbocycles. The fourth-order valence-corrected chi connectivity index (χ4v) is 1.04. The molecule has 2 heteroatoms. The van der Waals surface area contributed by atoms with Gasteiger partial charge in [-0.2, -0.15) is 0 Å². The van der Waals surface area contributed by atoms with E-state index in [1.807, 2.05) is 6.92 Å². The molecule has 2 atom stereocenters. The van der Waals surface area contributed by atoms with Gasteiger partial charge in [-0.1, -0.05) is 0 Å². The number of unbranched alkanes of at least 4 members (excludes halogenated alkanes) is 1. The van der Waals surface area contributed by atoms with Gasteiger partial charge in [0.25, 0.3) is 0 Å². The quantitative estimate of drug-likeness (QED) is 0.484. The highest BCUT2D eigenvalue weighted by Crippen LogP contribution is 2.07. The average molecular weight is 170 g/mol. The number of terminal acetylenes is 1. The summed E-state index contributed by atoms with van der Waals surface area (Å²) in [6, 6.07) is 0. The van der Waals surface area contributed by atoms with Crippen LogP contribution in [0.3, 0.4) is 0 Å². The molecule has 0 spiro atoms. The van der Waals surface area contributed by atoms with Crippen molar-refractivity contribution in [1.82, 2.24) is 0 Å². The Morgan fingerprint density at radius 2 is 2.25 bits per heavy atom. The predicted molar refractivity (Wildman–Crippen MR) is 49.8 cm³/mol. The largest absolute Gasteiger partial charge is 0.393 e. The molecule has 2 unspecified atom stereocenters. The molecule has 0 heterocycles. The zero-order valence-corrected chi connectivity index (χ0v) is 7.92. The van der Waals surface area contributed by atoms with Gasteiger partial charge in [0.2, 0.25) is 0 Å². The lowest BCUT2D eigenvalue weighted by Gasteiger charge is -2.14. The maximum atomic E-state index is 9.43. The lowest BCUT2D eigenvalue weighted by atomic mass is 10.1. The number of ether oxygens (including phenoxy) is 1. The fourth-order valence-electron chi connectivity index (χ4n) is 1.04. The van der Waals surface area contributed by atoms with E-state index in [9.17, 15) is 5.11 Å². The fraction of sp³-hybridized carbons (Fsp3) is 0.800. The summed E-state index contributed by atoms with van der Waals surface area (Å²) in [5.41, 5.74) is 0. The lowest BCUT2D eigenvalue weighted by Crippen LogP contribution is -2.16. The molecule has 2 nitrogen and oxygen atoms in total. The van der Waals surface area contributed by atoms with Crippen LogP contribution in [0.15, 0.2) is 0 Å². The zero-order chi connectivity index (χ0) is 9.40. The van der Waals surface area contributed by atoms with Crippen LogP contribution in [0.4, 0.5) is 0 Å². The Balaban J connectivity index is 3.33. The minimum absolute atomic E-state index is 0.130. The van der Waals surface area contributed by atoms with Crippen molar-refractivity contribution < 1.29 is 9.84 Å². The maximum Gasteiger partial charge on any atom is 0.0567 e. The summed E-state index contributed by atoms with van der Waals surface area (Å²) < 4.78 is 5.03. The van der Waals surface area contributed by atoms with Gasteiger partial charge in [-0.25, -0.2) is 0 Å². The molecule has 0 fully saturated rings. The van der Waals surface area contributed by atoms with Crippen molar-refractivity contribution >= 4 is 0 Å². The van der Waals surface area contributed by atoms with E-state index in [1.165, 1.54) is 0 Å². The van der Waals surface area contributed by atoms with Crippen LogP contribution in [-0.4, -0.2) is 24.4 Å². The number of aliphatic hydroxyl groups excluding tert-OH is 1. The van der Waals surface area contributed by atoms with Crippen molar-refractivity contribution in [2.45, 2.75) is 44.8 Å². The number of hydrogen-bond donors (Lipinski definition) is 1. The highest BCUT2D eigenvalue weighted by atomic mass is 16.5. The summed E-state index contributed by atoms with van der Waals surface area (Å²) in [5.74, 6) is 2.55. The van der Waals surface area contributed by atoms with E-state index in [0.717, 1.165) is 19.3 Å². The Morgan fingerprint density at radius 1 is 1.58 bits per heavy atom. The van der Waals surface area contributed by atoms with Gasteiger partial charge in [0.15, 0.2) is 0 Å². The third-order valence-corrected chi connectivity index (χ3v) is 1.86. The van der Waals surface area contributed by atoms with Crippen LogP contribution in [0, 0.1) is 12.3 Å². The van der Waals surface area contributed by atoms with Crippen LogP contribution >= 0.6 is 0 Å². The predicted octanol–water partition coefficient (Wildman–Crippen LogP) is 1.58. The smallest absolute Gasteiger partial charge is 0.0567 e. The molecule has 1 N–H and O–H groups in total. The second-order valence-corrected chi connectivity index (χ2v) is 3.03. The first-order valence-electron chi connectivity index (χ1n) is 4.35. The molecule has 0 aliphatic heterocycles. The lowest BCUT2D eigenvalue weighted by molar-refractivity contribution is 0.0523. The van der Waals surface area contributed by atoms with Crippen molar-refractivity contribution in [3.05, 3.63) is 0 Å². The standard InChI is InChI=1S/C10H18O2/c1-4-5-6-7-10(11)8-9(2)12-3/h1,9-11H,5-8H2,2-3H3. The second-order valence-electron chi connectivity index (χ2n) is 3.03. The summed E-state index contributed by atoms with van der Waals surface area (Å²) >= 11 is 0. The molecule has 0 rings (SSSR count). The summed E-state index contributed by atoms with van der Waals surface area (Å²) in [5, 5.41) is 9.43. The molecule has 0 aromatic heterocycles. The highest BCUT2D eigenvalue weighted by molar-refractivity contribution is 4.83. The Bertz CT molecular complexity index is 137. The van der Waals surface area contributed by atoms with Gasteiger partial charge in [0.1, 0.15) is 0 Å². The van der Waals surface area contributed by atoms with Gasteiger partial charge in [-0.15, -0.1) is 12.3 Å². The molecule has 0 aromatic rings. The molecule has 0 aliphatic rings. The molecule has 0 bridgehead atoms. The molecule has 0 radical (unpaired) electrons. The van der Waals surface area contributed by atoms with Gasteiger partial charge < -0.3 is 9.84 Å². The molecular formula is C10H18O2. The molecule has 0 saturated heterocycles. The monoisotopic (exact) mass is 170 g/mol. The molecule has 12 heavy (non-hydrogen) atoms. The number of hydrogen-bond acceptors (Lipinski definition) is 2. The molecule has 70 valence electrons.